The molecule has 0 spiro atoms. The summed E-state index contributed by atoms with van der Waals surface area (Å²) in [7, 11) is 0. The van der Waals surface area contributed by atoms with Gasteiger partial charge in [0.1, 0.15) is 16.6 Å². The molecule has 0 saturated carbocycles. The van der Waals surface area contributed by atoms with Crippen LogP contribution in [-0.4, -0.2) is 14.5 Å². The third-order valence-electron chi connectivity index (χ3n) is 3.23. The molecular weight excluding hydrogens is 297 g/mol. The fourth-order valence-electron chi connectivity index (χ4n) is 2.32. The number of imidazole rings is 1. The van der Waals surface area contributed by atoms with E-state index in [1.807, 2.05) is 16.9 Å². The monoisotopic (exact) mass is 309 g/mol. The highest BCUT2D eigenvalue weighted by molar-refractivity contribution is 7.09. The van der Waals surface area contributed by atoms with Crippen LogP contribution in [-0.2, 0) is 5.88 Å². The van der Waals surface area contributed by atoms with Crippen molar-refractivity contribution in [2.24, 2.45) is 0 Å². The van der Waals surface area contributed by atoms with E-state index in [1.165, 1.54) is 12.1 Å². The van der Waals surface area contributed by atoms with Crippen LogP contribution in [0.15, 0.2) is 23.6 Å². The highest BCUT2D eigenvalue weighted by atomic mass is 35.5. The summed E-state index contributed by atoms with van der Waals surface area (Å²) in [5, 5.41) is 3.02. The smallest absolute Gasteiger partial charge is 0.125 e. The zero-order valence-electron chi connectivity index (χ0n) is 11.1. The van der Waals surface area contributed by atoms with Crippen molar-refractivity contribution in [3.05, 3.63) is 45.9 Å². The fraction of sp³-hybridized carbons (Fsp3) is 0.286. The summed E-state index contributed by atoms with van der Waals surface area (Å²) in [4.78, 5) is 8.93. The summed E-state index contributed by atoms with van der Waals surface area (Å²) >= 11 is 7.60. The third-order valence-corrected chi connectivity index (χ3v) is 4.60. The van der Waals surface area contributed by atoms with E-state index in [0.717, 1.165) is 22.0 Å². The molecule has 0 bridgehead atoms. The number of alkyl halides is 1. The molecule has 2 heterocycles. The highest BCUT2D eigenvalue weighted by Crippen LogP contribution is 2.28. The van der Waals surface area contributed by atoms with E-state index in [4.69, 9.17) is 11.6 Å². The van der Waals surface area contributed by atoms with Crippen LogP contribution in [0.2, 0.25) is 0 Å². The Morgan fingerprint density at radius 1 is 1.40 bits per heavy atom. The van der Waals surface area contributed by atoms with Gasteiger partial charge in [0.05, 0.1) is 23.0 Å². The van der Waals surface area contributed by atoms with Crippen molar-refractivity contribution in [3.63, 3.8) is 0 Å². The second-order valence-corrected chi connectivity index (χ2v) is 5.82. The molecule has 3 nitrogen and oxygen atoms in total. The molecule has 0 aliphatic carbocycles. The van der Waals surface area contributed by atoms with E-state index in [2.05, 4.69) is 16.9 Å². The fourth-order valence-corrected chi connectivity index (χ4v) is 3.35. The largest absolute Gasteiger partial charge is 0.317 e. The molecule has 6 heteroatoms. The molecule has 0 aliphatic rings. The zero-order chi connectivity index (χ0) is 14.3. The number of benzene rings is 1. The third kappa shape index (κ3) is 2.21. The average molecular weight is 310 g/mol. The van der Waals surface area contributed by atoms with E-state index in [-0.39, 0.29) is 17.7 Å². The van der Waals surface area contributed by atoms with Gasteiger partial charge in [-0.3, -0.25) is 0 Å². The molecule has 1 atom stereocenters. The minimum absolute atomic E-state index is 0.0258. The van der Waals surface area contributed by atoms with Crippen molar-refractivity contribution in [1.29, 1.82) is 0 Å². The molecule has 0 saturated heterocycles. The van der Waals surface area contributed by atoms with Crippen LogP contribution in [0.25, 0.3) is 11.0 Å². The second kappa shape index (κ2) is 5.14. The first-order chi connectivity index (χ1) is 9.60. The number of thiazole rings is 1. The predicted molar refractivity (Wildman–Crippen MR) is 79.9 cm³/mol. The van der Waals surface area contributed by atoms with Crippen molar-refractivity contribution < 1.29 is 4.39 Å². The van der Waals surface area contributed by atoms with Crippen LogP contribution in [0, 0.1) is 12.7 Å². The number of hydrogen-bond donors (Lipinski definition) is 0. The maximum absolute atomic E-state index is 13.3. The lowest BCUT2D eigenvalue weighted by molar-refractivity contribution is 0.624. The predicted octanol–water partition coefficient (Wildman–Crippen LogP) is 4.29. The van der Waals surface area contributed by atoms with Crippen LogP contribution >= 0.6 is 22.9 Å². The zero-order valence-corrected chi connectivity index (χ0v) is 12.7. The highest BCUT2D eigenvalue weighted by Gasteiger charge is 2.19. The topological polar surface area (TPSA) is 30.7 Å². The van der Waals surface area contributed by atoms with Crippen molar-refractivity contribution in [2.75, 3.05) is 0 Å². The first-order valence-corrected chi connectivity index (χ1v) is 7.66. The molecule has 0 N–H and O–H groups in total. The van der Waals surface area contributed by atoms with E-state index >= 15 is 0 Å². The van der Waals surface area contributed by atoms with Gasteiger partial charge in [-0.2, -0.15) is 0 Å². The van der Waals surface area contributed by atoms with Crippen LogP contribution in [0.4, 0.5) is 4.39 Å². The minimum atomic E-state index is -0.291. The molecule has 0 radical (unpaired) electrons. The lowest BCUT2D eigenvalue weighted by Gasteiger charge is -2.14. The van der Waals surface area contributed by atoms with E-state index < -0.39 is 0 Å². The normalized spacial score (nSPS) is 13.0. The molecule has 1 aromatic carbocycles. The SMILES string of the molecule is Cc1csc(C(C)n2c(CCl)nc3cc(F)ccc32)n1. The van der Waals surface area contributed by atoms with Crippen LogP contribution in [0.5, 0.6) is 0 Å². The maximum Gasteiger partial charge on any atom is 0.125 e. The van der Waals surface area contributed by atoms with Crippen molar-refractivity contribution in [1.82, 2.24) is 14.5 Å². The van der Waals surface area contributed by atoms with Crippen LogP contribution in [0.1, 0.15) is 29.5 Å². The van der Waals surface area contributed by atoms with Gasteiger partial charge in [0.2, 0.25) is 0 Å². The summed E-state index contributed by atoms with van der Waals surface area (Å²) in [5.41, 5.74) is 2.50. The lowest BCUT2D eigenvalue weighted by Crippen LogP contribution is -2.09. The molecule has 0 amide bonds. The molecule has 104 valence electrons. The number of fused-ring (bicyclic) bond motifs is 1. The number of aryl methyl sites for hydroxylation is 1. The van der Waals surface area contributed by atoms with E-state index in [1.54, 1.807) is 17.4 Å². The Kier molecular flexibility index (Phi) is 3.48. The summed E-state index contributed by atoms with van der Waals surface area (Å²) in [6.45, 7) is 4.02. The Labute approximate surface area is 125 Å². The van der Waals surface area contributed by atoms with E-state index in [9.17, 15) is 4.39 Å². The minimum Gasteiger partial charge on any atom is -0.317 e. The molecule has 1 unspecified atom stereocenters. The lowest BCUT2D eigenvalue weighted by atomic mass is 10.2. The van der Waals surface area contributed by atoms with Crippen molar-refractivity contribution in [2.45, 2.75) is 25.8 Å². The Bertz CT molecular complexity index is 765. The quantitative estimate of drug-likeness (QED) is 0.676. The average Bonchev–Trinajstić information content (AvgIpc) is 3.00. The summed E-state index contributed by atoms with van der Waals surface area (Å²) in [6.07, 6.45) is 0. The standard InChI is InChI=1S/C14H13ClFN3S/c1-8-7-20-14(17-8)9(2)19-12-4-3-10(16)5-11(12)18-13(19)6-15/h3-5,7,9H,6H2,1-2H3. The first-order valence-electron chi connectivity index (χ1n) is 6.24. The number of hydrogen-bond acceptors (Lipinski definition) is 3. The molecular formula is C14H13ClFN3S. The molecule has 3 aromatic rings. The molecule has 0 fully saturated rings. The number of nitrogens with zero attached hydrogens (tertiary/aromatic N) is 3. The van der Waals surface area contributed by atoms with Gasteiger partial charge in [-0.15, -0.1) is 22.9 Å². The first kappa shape index (κ1) is 13.5. The molecule has 3 rings (SSSR count). The van der Waals surface area contributed by atoms with Gasteiger partial charge in [0.25, 0.3) is 0 Å². The van der Waals surface area contributed by atoms with Gasteiger partial charge < -0.3 is 4.57 Å². The number of halogens is 2. The summed E-state index contributed by atoms with van der Waals surface area (Å²) in [5.74, 6) is 0.721. The van der Waals surface area contributed by atoms with Crippen molar-refractivity contribution in [3.8, 4) is 0 Å². The Balaban J connectivity index is 2.18. The van der Waals surface area contributed by atoms with Gasteiger partial charge in [-0.25, -0.2) is 14.4 Å². The molecule has 20 heavy (non-hydrogen) atoms. The van der Waals surface area contributed by atoms with E-state index in [0.29, 0.717) is 5.52 Å². The summed E-state index contributed by atoms with van der Waals surface area (Å²) in [6, 6.07) is 4.64. The summed E-state index contributed by atoms with van der Waals surface area (Å²) < 4.78 is 15.3. The number of aromatic nitrogens is 3. The number of rotatable bonds is 3. The second-order valence-electron chi connectivity index (χ2n) is 4.67. The van der Waals surface area contributed by atoms with Crippen molar-refractivity contribution >= 4 is 34.0 Å². The van der Waals surface area contributed by atoms with Gasteiger partial charge >= 0.3 is 0 Å². The Hall–Kier alpha value is -1.46. The van der Waals surface area contributed by atoms with Crippen LogP contribution in [0.3, 0.4) is 0 Å². The van der Waals surface area contributed by atoms with Gasteiger partial charge in [-0.1, -0.05) is 0 Å². The Morgan fingerprint density at radius 3 is 2.85 bits per heavy atom. The molecule has 0 aliphatic heterocycles. The maximum atomic E-state index is 13.3. The van der Waals surface area contributed by atoms with Gasteiger partial charge in [0.15, 0.2) is 0 Å². The van der Waals surface area contributed by atoms with Gasteiger partial charge in [-0.05, 0) is 26.0 Å². The van der Waals surface area contributed by atoms with Crippen LogP contribution < -0.4 is 0 Å². The molecule has 2 aromatic heterocycles. The Morgan fingerprint density at radius 2 is 2.20 bits per heavy atom. The van der Waals surface area contributed by atoms with Gasteiger partial charge in [0, 0.05) is 17.1 Å².